The topological polar surface area (TPSA) is 90.9 Å². The van der Waals surface area contributed by atoms with Gasteiger partial charge in [0.2, 0.25) is 0 Å². The molecular formula is C15H10ClFN4O2. The van der Waals surface area contributed by atoms with E-state index in [-0.39, 0.29) is 16.4 Å². The molecule has 2 aromatic heterocycles. The van der Waals surface area contributed by atoms with Gasteiger partial charge in [0.15, 0.2) is 5.75 Å². The maximum atomic E-state index is 13.3. The number of aromatic hydroxyl groups is 1. The van der Waals surface area contributed by atoms with E-state index in [9.17, 15) is 14.3 Å². The molecule has 23 heavy (non-hydrogen) atoms. The zero-order valence-electron chi connectivity index (χ0n) is 11.5. The van der Waals surface area contributed by atoms with Crippen LogP contribution in [0.25, 0.3) is 11.1 Å². The molecule has 0 aliphatic rings. The monoisotopic (exact) mass is 332 g/mol. The number of H-pyrrole nitrogens is 1. The van der Waals surface area contributed by atoms with Crippen molar-refractivity contribution in [1.82, 2.24) is 15.2 Å². The predicted octanol–water partition coefficient (Wildman–Crippen LogP) is 3.22. The first-order valence-electron chi connectivity index (χ1n) is 6.49. The maximum absolute atomic E-state index is 13.3. The Bertz CT molecular complexity index is 851. The van der Waals surface area contributed by atoms with Gasteiger partial charge >= 0.3 is 0 Å². The molecule has 2 heterocycles. The van der Waals surface area contributed by atoms with Crippen LogP contribution < -0.4 is 5.32 Å². The molecule has 6 nitrogen and oxygen atoms in total. The Morgan fingerprint density at radius 1 is 1.26 bits per heavy atom. The number of aromatic amines is 1. The van der Waals surface area contributed by atoms with Crippen LogP contribution >= 0.6 is 11.6 Å². The maximum Gasteiger partial charge on any atom is 0.274 e. The summed E-state index contributed by atoms with van der Waals surface area (Å²) in [5.41, 5.74) is 1.60. The van der Waals surface area contributed by atoms with Gasteiger partial charge in [0.05, 0.1) is 16.9 Å². The lowest BCUT2D eigenvalue weighted by molar-refractivity contribution is 0.102. The van der Waals surface area contributed by atoms with Gasteiger partial charge in [0.1, 0.15) is 11.5 Å². The Morgan fingerprint density at radius 2 is 2.09 bits per heavy atom. The summed E-state index contributed by atoms with van der Waals surface area (Å²) in [6.45, 7) is 0. The number of hydrogen-bond donors (Lipinski definition) is 3. The Kier molecular flexibility index (Phi) is 3.94. The molecule has 0 bridgehead atoms. The quantitative estimate of drug-likeness (QED) is 0.642. The molecule has 3 aromatic rings. The summed E-state index contributed by atoms with van der Waals surface area (Å²) in [6.07, 6.45) is 4.84. The number of benzene rings is 1. The molecule has 0 radical (unpaired) electrons. The minimum atomic E-state index is -0.675. The number of carbonyl (C=O) groups is 1. The number of halogens is 2. The molecule has 0 saturated heterocycles. The molecule has 0 aliphatic heterocycles. The van der Waals surface area contributed by atoms with Crippen molar-refractivity contribution in [1.29, 1.82) is 0 Å². The minimum Gasteiger partial charge on any atom is -0.504 e. The second-order valence-electron chi connectivity index (χ2n) is 4.66. The van der Waals surface area contributed by atoms with Crippen molar-refractivity contribution >= 4 is 23.2 Å². The summed E-state index contributed by atoms with van der Waals surface area (Å²) in [4.78, 5) is 16.2. The largest absolute Gasteiger partial charge is 0.504 e. The number of hydrogen-bond acceptors (Lipinski definition) is 4. The number of nitrogens with zero attached hydrogens (tertiary/aromatic N) is 2. The average molecular weight is 333 g/mol. The first-order valence-corrected chi connectivity index (χ1v) is 6.87. The van der Waals surface area contributed by atoms with E-state index in [0.29, 0.717) is 0 Å². The molecule has 1 aromatic carbocycles. The molecule has 0 unspecified atom stereocenters. The third-order valence-corrected chi connectivity index (χ3v) is 3.39. The summed E-state index contributed by atoms with van der Waals surface area (Å²) in [5.74, 6) is -1.68. The van der Waals surface area contributed by atoms with Crippen LogP contribution in [0.1, 0.15) is 10.5 Å². The van der Waals surface area contributed by atoms with Crippen LogP contribution in [0.5, 0.6) is 5.75 Å². The highest BCUT2D eigenvalue weighted by Gasteiger charge is 2.14. The molecule has 0 fully saturated rings. The average Bonchev–Trinajstić information content (AvgIpc) is 3.06. The second-order valence-corrected chi connectivity index (χ2v) is 5.06. The highest BCUT2D eigenvalue weighted by Crippen LogP contribution is 2.32. The standard InChI is InChI=1S/C15H10ClFN4O2/c16-11-3-10(17)4-13(14(11)22)21-15(23)12-2-1-8(5-18-12)9-6-19-20-7-9/h1-7,22H,(H,19,20)(H,21,23). The first kappa shape index (κ1) is 15.0. The van der Waals surface area contributed by atoms with Gasteiger partial charge in [-0.3, -0.25) is 14.9 Å². The Balaban J connectivity index is 1.81. The fourth-order valence-electron chi connectivity index (χ4n) is 1.96. The molecule has 3 rings (SSSR count). The van der Waals surface area contributed by atoms with E-state index in [1.807, 2.05) is 0 Å². The van der Waals surface area contributed by atoms with Gasteiger partial charge in [-0.15, -0.1) is 0 Å². The number of nitrogens with one attached hydrogen (secondary N) is 2. The third kappa shape index (κ3) is 3.14. The Morgan fingerprint density at radius 3 is 2.74 bits per heavy atom. The molecule has 0 spiro atoms. The minimum absolute atomic E-state index is 0.108. The third-order valence-electron chi connectivity index (χ3n) is 3.10. The summed E-state index contributed by atoms with van der Waals surface area (Å²) in [7, 11) is 0. The van der Waals surface area contributed by atoms with Crippen LogP contribution in [0, 0.1) is 5.82 Å². The molecule has 3 N–H and O–H groups in total. The van der Waals surface area contributed by atoms with Gasteiger partial charge in [-0.1, -0.05) is 17.7 Å². The summed E-state index contributed by atoms with van der Waals surface area (Å²) < 4.78 is 13.3. The van der Waals surface area contributed by atoms with Crippen LogP contribution in [0.3, 0.4) is 0 Å². The van der Waals surface area contributed by atoms with Crippen LogP contribution in [-0.2, 0) is 0 Å². The van der Waals surface area contributed by atoms with Gasteiger partial charge in [0.25, 0.3) is 5.91 Å². The zero-order valence-corrected chi connectivity index (χ0v) is 12.3. The van der Waals surface area contributed by atoms with Crippen LogP contribution in [0.2, 0.25) is 5.02 Å². The van der Waals surface area contributed by atoms with E-state index in [4.69, 9.17) is 11.6 Å². The highest BCUT2D eigenvalue weighted by atomic mass is 35.5. The van der Waals surface area contributed by atoms with Gasteiger partial charge < -0.3 is 10.4 Å². The molecule has 116 valence electrons. The molecule has 8 heteroatoms. The molecule has 0 aliphatic carbocycles. The number of phenolic OH excluding ortho intramolecular Hbond substituents is 1. The fourth-order valence-corrected chi connectivity index (χ4v) is 2.16. The smallest absolute Gasteiger partial charge is 0.274 e. The van der Waals surface area contributed by atoms with Gasteiger partial charge in [-0.2, -0.15) is 5.10 Å². The molecular weight excluding hydrogens is 323 g/mol. The van der Waals surface area contributed by atoms with E-state index < -0.39 is 17.5 Å². The lowest BCUT2D eigenvalue weighted by Crippen LogP contribution is -2.13. The van der Waals surface area contributed by atoms with Crippen molar-refractivity contribution < 1.29 is 14.3 Å². The van der Waals surface area contributed by atoms with Crippen LogP contribution in [-0.4, -0.2) is 26.2 Å². The first-order chi connectivity index (χ1) is 11.0. The van der Waals surface area contributed by atoms with E-state index in [1.54, 1.807) is 18.5 Å². The van der Waals surface area contributed by atoms with Crippen LogP contribution in [0.15, 0.2) is 42.9 Å². The van der Waals surface area contributed by atoms with Gasteiger partial charge in [-0.05, 0) is 12.1 Å². The number of aromatic nitrogens is 3. The van der Waals surface area contributed by atoms with Crippen molar-refractivity contribution in [2.45, 2.75) is 0 Å². The number of rotatable bonds is 3. The summed E-state index contributed by atoms with van der Waals surface area (Å²) in [5, 5.41) is 18.4. The van der Waals surface area contributed by atoms with Crippen molar-refractivity contribution in [3.05, 3.63) is 59.4 Å². The number of phenols is 1. The number of amides is 1. The summed E-state index contributed by atoms with van der Waals surface area (Å²) in [6, 6.07) is 5.13. The Labute approximate surface area is 135 Å². The predicted molar refractivity (Wildman–Crippen MR) is 82.8 cm³/mol. The molecule has 0 saturated carbocycles. The van der Waals surface area contributed by atoms with Crippen molar-refractivity contribution in [2.75, 3.05) is 5.32 Å². The van der Waals surface area contributed by atoms with Crippen LogP contribution in [0.4, 0.5) is 10.1 Å². The number of carbonyl (C=O) groups excluding carboxylic acids is 1. The van der Waals surface area contributed by atoms with Gasteiger partial charge in [-0.25, -0.2) is 4.39 Å². The molecule has 1 amide bonds. The van der Waals surface area contributed by atoms with Crippen molar-refractivity contribution in [3.63, 3.8) is 0 Å². The lowest BCUT2D eigenvalue weighted by Gasteiger charge is -2.08. The van der Waals surface area contributed by atoms with E-state index in [1.165, 1.54) is 12.3 Å². The van der Waals surface area contributed by atoms with Crippen molar-refractivity contribution in [3.8, 4) is 16.9 Å². The molecule has 0 atom stereocenters. The lowest BCUT2D eigenvalue weighted by atomic mass is 10.1. The number of pyridine rings is 1. The normalized spacial score (nSPS) is 10.5. The fraction of sp³-hybridized carbons (Fsp3) is 0. The summed E-state index contributed by atoms with van der Waals surface area (Å²) >= 11 is 5.66. The zero-order chi connectivity index (χ0) is 16.4. The van der Waals surface area contributed by atoms with Gasteiger partial charge in [0, 0.05) is 29.6 Å². The van der Waals surface area contributed by atoms with Crippen molar-refractivity contribution in [2.24, 2.45) is 0 Å². The van der Waals surface area contributed by atoms with E-state index in [2.05, 4.69) is 20.5 Å². The number of anilines is 1. The second kappa shape index (κ2) is 6.05. The highest BCUT2D eigenvalue weighted by molar-refractivity contribution is 6.32. The Hall–Kier alpha value is -2.93. The van der Waals surface area contributed by atoms with E-state index >= 15 is 0 Å². The van der Waals surface area contributed by atoms with E-state index in [0.717, 1.165) is 23.3 Å². The SMILES string of the molecule is O=C(Nc1cc(F)cc(Cl)c1O)c1ccc(-c2cn[nH]c2)cn1.